The number of rotatable bonds is 4. The molecule has 1 aliphatic carbocycles. The van der Waals surface area contributed by atoms with Gasteiger partial charge in [0.2, 0.25) is 0 Å². The van der Waals surface area contributed by atoms with Gasteiger partial charge in [0.05, 0.1) is 23.3 Å². The highest BCUT2D eigenvalue weighted by Gasteiger charge is 2.23. The Bertz CT molecular complexity index is 1370. The third-order valence-corrected chi connectivity index (χ3v) is 6.96. The SMILES string of the molecule is C[C@@H]1CCc2c(sc3nc(C[NH+](C)Cc4nc5ccccc5c(=O)[nH]4)[nH]c(=O)c23)C1. The Balaban J connectivity index is 1.40. The fraction of sp³-hybridized carbons (Fsp3) is 0.364. The van der Waals surface area contributed by atoms with Crippen molar-refractivity contribution in [1.82, 2.24) is 19.9 Å². The molecule has 1 aliphatic rings. The number of H-pyrrole nitrogens is 2. The standard InChI is InChI=1S/C22H23N5O2S/c1-12-7-8-14-16(9-12)30-22-19(14)21(29)25-18(26-22)11-27(2)10-17-23-15-6-4-3-5-13(15)20(28)24-17/h3-6,12H,7-11H2,1-2H3,(H,23,24,28)(H,25,26,29)/p+1/t12-/m1/s1. The molecular formula is C22H24N5O2S+. The fourth-order valence-corrected chi connectivity index (χ4v) is 5.73. The molecule has 4 aromatic rings. The first-order valence-electron chi connectivity index (χ1n) is 10.3. The molecule has 0 bridgehead atoms. The second-order valence-corrected chi connectivity index (χ2v) is 9.47. The molecule has 0 saturated carbocycles. The van der Waals surface area contributed by atoms with Crippen molar-refractivity contribution in [2.24, 2.45) is 5.92 Å². The lowest BCUT2D eigenvalue weighted by molar-refractivity contribution is -0.909. The first-order valence-corrected chi connectivity index (χ1v) is 11.1. The van der Waals surface area contributed by atoms with E-state index in [0.29, 0.717) is 41.6 Å². The summed E-state index contributed by atoms with van der Waals surface area (Å²) in [5, 5.41) is 1.37. The number of nitrogens with one attached hydrogen (secondary N) is 3. The third kappa shape index (κ3) is 3.46. The van der Waals surface area contributed by atoms with Gasteiger partial charge in [-0.3, -0.25) is 9.59 Å². The van der Waals surface area contributed by atoms with Crippen molar-refractivity contribution in [2.45, 2.75) is 39.3 Å². The van der Waals surface area contributed by atoms with Crippen LogP contribution in [0.1, 0.15) is 35.4 Å². The highest BCUT2D eigenvalue weighted by Crippen LogP contribution is 2.35. The number of thiophene rings is 1. The van der Waals surface area contributed by atoms with Crippen molar-refractivity contribution in [3.8, 4) is 0 Å². The molecule has 3 N–H and O–H groups in total. The van der Waals surface area contributed by atoms with Gasteiger partial charge in [0.15, 0.2) is 11.6 Å². The summed E-state index contributed by atoms with van der Waals surface area (Å²) in [6.45, 7) is 3.33. The summed E-state index contributed by atoms with van der Waals surface area (Å²) >= 11 is 1.67. The van der Waals surface area contributed by atoms with Crippen LogP contribution >= 0.6 is 11.3 Å². The van der Waals surface area contributed by atoms with Crippen LogP contribution < -0.4 is 16.0 Å². The van der Waals surface area contributed by atoms with Gasteiger partial charge in [-0.15, -0.1) is 11.3 Å². The van der Waals surface area contributed by atoms with Crippen LogP contribution in [0.15, 0.2) is 33.9 Å². The van der Waals surface area contributed by atoms with E-state index in [4.69, 9.17) is 4.98 Å². The number of nitrogens with zero attached hydrogens (tertiary/aromatic N) is 2. The van der Waals surface area contributed by atoms with Crippen molar-refractivity contribution in [3.05, 3.63) is 67.1 Å². The Morgan fingerprint density at radius 3 is 2.67 bits per heavy atom. The van der Waals surface area contributed by atoms with Gasteiger partial charge in [0, 0.05) is 4.88 Å². The van der Waals surface area contributed by atoms with Gasteiger partial charge in [-0.25, -0.2) is 9.97 Å². The molecule has 1 aromatic carbocycles. The van der Waals surface area contributed by atoms with E-state index in [1.165, 1.54) is 10.4 Å². The molecule has 1 unspecified atom stereocenters. The van der Waals surface area contributed by atoms with Crippen LogP contribution in [-0.2, 0) is 25.9 Å². The van der Waals surface area contributed by atoms with Crippen LogP contribution in [0.25, 0.3) is 21.1 Å². The van der Waals surface area contributed by atoms with E-state index in [0.717, 1.165) is 34.4 Å². The summed E-state index contributed by atoms with van der Waals surface area (Å²) in [5.41, 5.74) is 1.73. The Morgan fingerprint density at radius 2 is 1.83 bits per heavy atom. The summed E-state index contributed by atoms with van der Waals surface area (Å²) in [6.07, 6.45) is 3.13. The number of aromatic amines is 2. The van der Waals surface area contributed by atoms with E-state index in [2.05, 4.69) is 21.9 Å². The van der Waals surface area contributed by atoms with Gasteiger partial charge in [-0.1, -0.05) is 19.1 Å². The Morgan fingerprint density at radius 1 is 1.10 bits per heavy atom. The van der Waals surface area contributed by atoms with Crippen molar-refractivity contribution in [2.75, 3.05) is 7.05 Å². The summed E-state index contributed by atoms with van der Waals surface area (Å²) in [6, 6.07) is 7.32. The number of para-hydroxylation sites is 1. The van der Waals surface area contributed by atoms with Crippen molar-refractivity contribution >= 4 is 32.5 Å². The molecule has 3 aromatic heterocycles. The number of quaternary nitrogens is 1. The van der Waals surface area contributed by atoms with Crippen LogP contribution in [0.5, 0.6) is 0 Å². The molecule has 2 atom stereocenters. The molecule has 0 spiro atoms. The minimum Gasteiger partial charge on any atom is -0.325 e. The number of hydrogen-bond acceptors (Lipinski definition) is 5. The van der Waals surface area contributed by atoms with E-state index < -0.39 is 0 Å². The molecule has 0 fully saturated rings. The van der Waals surface area contributed by atoms with E-state index in [9.17, 15) is 9.59 Å². The summed E-state index contributed by atoms with van der Waals surface area (Å²) in [5.74, 6) is 1.95. The average molecular weight is 423 g/mol. The third-order valence-electron chi connectivity index (χ3n) is 5.81. The zero-order chi connectivity index (χ0) is 20.8. The average Bonchev–Trinajstić information content (AvgIpc) is 3.05. The Hall–Kier alpha value is -2.84. The van der Waals surface area contributed by atoms with Crippen molar-refractivity contribution in [3.63, 3.8) is 0 Å². The van der Waals surface area contributed by atoms with Gasteiger partial charge in [0.25, 0.3) is 11.1 Å². The van der Waals surface area contributed by atoms with Crippen LogP contribution in [0.4, 0.5) is 0 Å². The molecule has 0 radical (unpaired) electrons. The number of hydrogen-bond donors (Lipinski definition) is 3. The lowest BCUT2D eigenvalue weighted by Crippen LogP contribution is -3.06. The summed E-state index contributed by atoms with van der Waals surface area (Å²) < 4.78 is 0. The van der Waals surface area contributed by atoms with Gasteiger partial charge in [-0.2, -0.15) is 0 Å². The molecule has 7 nitrogen and oxygen atoms in total. The lowest BCUT2D eigenvalue weighted by Gasteiger charge is -2.17. The van der Waals surface area contributed by atoms with Crippen molar-refractivity contribution < 1.29 is 4.90 Å². The molecule has 0 amide bonds. The molecule has 30 heavy (non-hydrogen) atoms. The van der Waals surface area contributed by atoms with Crippen LogP contribution in [0.2, 0.25) is 0 Å². The van der Waals surface area contributed by atoms with Gasteiger partial charge >= 0.3 is 0 Å². The van der Waals surface area contributed by atoms with E-state index in [-0.39, 0.29) is 11.1 Å². The highest BCUT2D eigenvalue weighted by molar-refractivity contribution is 7.18. The maximum atomic E-state index is 12.8. The van der Waals surface area contributed by atoms with Crippen LogP contribution in [0, 0.1) is 5.92 Å². The predicted octanol–water partition coefficient (Wildman–Crippen LogP) is 1.56. The minimum absolute atomic E-state index is 0.0351. The number of aryl methyl sites for hydroxylation is 1. The molecular weight excluding hydrogens is 398 g/mol. The first-order chi connectivity index (χ1) is 14.5. The zero-order valence-corrected chi connectivity index (χ0v) is 17.9. The second kappa shape index (κ2) is 7.45. The quantitative estimate of drug-likeness (QED) is 0.465. The largest absolute Gasteiger partial charge is 0.325 e. The zero-order valence-electron chi connectivity index (χ0n) is 17.0. The Kier molecular flexibility index (Phi) is 4.75. The Labute approximate surface area is 176 Å². The van der Waals surface area contributed by atoms with Crippen LogP contribution in [-0.4, -0.2) is 27.0 Å². The van der Waals surface area contributed by atoms with E-state index in [1.54, 1.807) is 17.4 Å². The minimum atomic E-state index is -0.130. The maximum Gasteiger partial charge on any atom is 0.260 e. The number of aromatic nitrogens is 4. The van der Waals surface area contributed by atoms with Gasteiger partial charge < -0.3 is 14.9 Å². The number of benzene rings is 1. The number of fused-ring (bicyclic) bond motifs is 4. The molecule has 154 valence electrons. The van der Waals surface area contributed by atoms with Gasteiger partial charge in [-0.05, 0) is 42.9 Å². The van der Waals surface area contributed by atoms with Crippen molar-refractivity contribution in [1.29, 1.82) is 0 Å². The monoisotopic (exact) mass is 422 g/mol. The molecule has 3 heterocycles. The highest BCUT2D eigenvalue weighted by atomic mass is 32.1. The second-order valence-electron chi connectivity index (χ2n) is 8.38. The predicted molar refractivity (Wildman–Crippen MR) is 118 cm³/mol. The molecule has 0 saturated heterocycles. The first kappa shape index (κ1) is 19.1. The van der Waals surface area contributed by atoms with Crippen LogP contribution in [0.3, 0.4) is 0 Å². The van der Waals surface area contributed by atoms with Gasteiger partial charge in [0.1, 0.15) is 17.9 Å². The summed E-state index contributed by atoms with van der Waals surface area (Å²) in [7, 11) is 2.00. The normalized spacial score (nSPS) is 17.3. The molecule has 8 heteroatoms. The van der Waals surface area contributed by atoms with E-state index >= 15 is 0 Å². The fourth-order valence-electron chi connectivity index (χ4n) is 4.33. The topological polar surface area (TPSA) is 95.9 Å². The lowest BCUT2D eigenvalue weighted by atomic mass is 9.89. The smallest absolute Gasteiger partial charge is 0.260 e. The van der Waals surface area contributed by atoms with E-state index in [1.807, 2.05) is 25.2 Å². The molecule has 5 rings (SSSR count). The maximum absolute atomic E-state index is 12.8. The summed E-state index contributed by atoms with van der Waals surface area (Å²) in [4.78, 5) is 43.5. The molecule has 0 aliphatic heterocycles.